The van der Waals surface area contributed by atoms with Crippen LogP contribution in [0.4, 0.5) is 20.3 Å². The maximum atomic E-state index is 14.7. The molecule has 4 aromatic rings. The van der Waals surface area contributed by atoms with Gasteiger partial charge in [0, 0.05) is 23.7 Å². The summed E-state index contributed by atoms with van der Waals surface area (Å²) < 4.78 is 29.5. The second-order valence-electron chi connectivity index (χ2n) is 8.56. The van der Waals surface area contributed by atoms with Crippen LogP contribution in [-0.4, -0.2) is 46.4 Å². The van der Waals surface area contributed by atoms with Gasteiger partial charge in [-0.2, -0.15) is 0 Å². The highest BCUT2D eigenvalue weighted by atomic mass is 19.1. The molecular formula is C26H24F2N6O3. The molecule has 0 atom stereocenters. The molecule has 37 heavy (non-hydrogen) atoms. The minimum absolute atomic E-state index is 0.173. The molecule has 0 aliphatic carbocycles. The van der Waals surface area contributed by atoms with E-state index in [1.54, 1.807) is 17.3 Å². The van der Waals surface area contributed by atoms with Crippen LogP contribution in [0.15, 0.2) is 54.6 Å². The van der Waals surface area contributed by atoms with E-state index < -0.39 is 23.1 Å². The largest absolute Gasteiger partial charge is 0.394 e. The molecule has 1 aliphatic heterocycles. The predicted molar refractivity (Wildman–Crippen MR) is 134 cm³/mol. The summed E-state index contributed by atoms with van der Waals surface area (Å²) in [6.45, 7) is 1.88. The van der Waals surface area contributed by atoms with Crippen LogP contribution in [0.5, 0.6) is 0 Å². The Labute approximate surface area is 211 Å². The molecule has 1 aliphatic rings. The van der Waals surface area contributed by atoms with Gasteiger partial charge in [0.15, 0.2) is 5.82 Å². The topological polar surface area (TPSA) is 103 Å². The number of carbonyl (C=O) groups is 1. The number of anilines is 2. The molecular weight excluding hydrogens is 482 g/mol. The summed E-state index contributed by atoms with van der Waals surface area (Å²) in [5.74, 6) is -2.62. The summed E-state index contributed by atoms with van der Waals surface area (Å²) in [6, 6.07) is 15.6. The molecule has 0 radical (unpaired) electrons. The smallest absolute Gasteiger partial charge is 0.280 e. The number of rotatable bonds is 7. The molecule has 0 saturated carbocycles. The van der Waals surface area contributed by atoms with E-state index in [9.17, 15) is 13.6 Å². The Morgan fingerprint density at radius 2 is 1.86 bits per heavy atom. The van der Waals surface area contributed by atoms with Crippen LogP contribution in [0.1, 0.15) is 21.6 Å². The number of benzene rings is 2. The van der Waals surface area contributed by atoms with Crippen molar-refractivity contribution in [3.8, 4) is 11.3 Å². The Hall–Kier alpha value is -4.19. The number of aliphatic hydroxyl groups is 1. The Morgan fingerprint density at radius 1 is 1.08 bits per heavy atom. The Morgan fingerprint density at radius 3 is 2.62 bits per heavy atom. The molecule has 0 saturated heterocycles. The van der Waals surface area contributed by atoms with Gasteiger partial charge in [-0.15, -0.1) is 5.12 Å². The van der Waals surface area contributed by atoms with Crippen molar-refractivity contribution in [2.75, 3.05) is 30.7 Å². The summed E-state index contributed by atoms with van der Waals surface area (Å²) in [6.07, 6.45) is 0. The van der Waals surface area contributed by atoms with E-state index in [1.807, 2.05) is 48.7 Å². The number of aromatic nitrogens is 2. The van der Waals surface area contributed by atoms with Gasteiger partial charge in [-0.3, -0.25) is 25.1 Å². The first-order valence-corrected chi connectivity index (χ1v) is 11.5. The van der Waals surface area contributed by atoms with Crippen molar-refractivity contribution >= 4 is 28.3 Å². The van der Waals surface area contributed by atoms with Gasteiger partial charge in [0.25, 0.3) is 5.91 Å². The number of fused-ring (bicyclic) bond motifs is 2. The monoisotopic (exact) mass is 506 g/mol. The molecule has 1 amide bonds. The molecule has 0 fully saturated rings. The van der Waals surface area contributed by atoms with Gasteiger partial charge in [0.1, 0.15) is 17.2 Å². The average Bonchev–Trinajstić information content (AvgIpc) is 3.18. The molecule has 11 heteroatoms. The number of aliphatic hydroxyl groups excluding tert-OH is 1. The normalized spacial score (nSPS) is 13.1. The number of aryl methyl sites for hydroxylation is 1. The number of hydrazine groups is 2. The Kier molecular flexibility index (Phi) is 6.66. The first-order valence-electron chi connectivity index (χ1n) is 11.5. The molecule has 2 aromatic heterocycles. The summed E-state index contributed by atoms with van der Waals surface area (Å²) in [5.41, 5.74) is 8.47. The zero-order valence-corrected chi connectivity index (χ0v) is 20.1. The molecule has 0 spiro atoms. The summed E-state index contributed by atoms with van der Waals surface area (Å²) >= 11 is 0. The predicted octanol–water partition coefficient (Wildman–Crippen LogP) is 3.73. The van der Waals surface area contributed by atoms with E-state index in [0.717, 1.165) is 40.0 Å². The van der Waals surface area contributed by atoms with Crippen molar-refractivity contribution in [1.82, 2.24) is 20.6 Å². The highest BCUT2D eigenvalue weighted by molar-refractivity contribution is 5.94. The van der Waals surface area contributed by atoms with Crippen molar-refractivity contribution in [3.05, 3.63) is 83.1 Å². The zero-order chi connectivity index (χ0) is 26.1. The van der Waals surface area contributed by atoms with Crippen molar-refractivity contribution in [3.63, 3.8) is 0 Å². The number of amides is 1. The number of hydrogen-bond acceptors (Lipinski definition) is 8. The molecule has 3 heterocycles. The Bertz CT molecular complexity index is 1480. The highest BCUT2D eigenvalue weighted by Crippen LogP contribution is 2.35. The lowest BCUT2D eigenvalue weighted by Crippen LogP contribution is -2.37. The van der Waals surface area contributed by atoms with Crippen molar-refractivity contribution < 1.29 is 23.5 Å². The first-order chi connectivity index (χ1) is 17.8. The van der Waals surface area contributed by atoms with E-state index in [-0.39, 0.29) is 18.8 Å². The second kappa shape index (κ2) is 10.1. The molecule has 9 nitrogen and oxygen atoms in total. The van der Waals surface area contributed by atoms with Gasteiger partial charge in [-0.05, 0) is 55.0 Å². The zero-order valence-electron chi connectivity index (χ0n) is 20.1. The Balaban J connectivity index is 1.42. The number of halogens is 2. The summed E-state index contributed by atoms with van der Waals surface area (Å²) in [7, 11) is 1.85. The fourth-order valence-electron chi connectivity index (χ4n) is 4.15. The maximum Gasteiger partial charge on any atom is 0.280 e. The van der Waals surface area contributed by atoms with E-state index in [0.29, 0.717) is 18.1 Å². The minimum atomic E-state index is -1.09. The van der Waals surface area contributed by atoms with Crippen molar-refractivity contribution in [1.29, 1.82) is 0 Å². The lowest BCUT2D eigenvalue weighted by Gasteiger charge is -2.25. The van der Waals surface area contributed by atoms with Crippen LogP contribution in [0, 0.1) is 18.6 Å². The molecule has 5 rings (SSSR count). The van der Waals surface area contributed by atoms with Crippen molar-refractivity contribution in [2.45, 2.75) is 13.5 Å². The third-order valence-corrected chi connectivity index (χ3v) is 5.91. The quantitative estimate of drug-likeness (QED) is 0.258. The lowest BCUT2D eigenvalue weighted by molar-refractivity contribution is 0.0162. The van der Waals surface area contributed by atoms with Gasteiger partial charge < -0.3 is 5.11 Å². The van der Waals surface area contributed by atoms with Crippen LogP contribution in [-0.2, 0) is 11.4 Å². The first kappa shape index (κ1) is 24.5. The third kappa shape index (κ3) is 4.92. The van der Waals surface area contributed by atoms with E-state index in [1.165, 1.54) is 0 Å². The molecule has 3 N–H and O–H groups in total. The van der Waals surface area contributed by atoms with Crippen LogP contribution in [0.3, 0.4) is 0 Å². The van der Waals surface area contributed by atoms with Gasteiger partial charge in [0.2, 0.25) is 0 Å². The van der Waals surface area contributed by atoms with Crippen LogP contribution >= 0.6 is 0 Å². The number of pyridine rings is 2. The summed E-state index contributed by atoms with van der Waals surface area (Å²) in [4.78, 5) is 25.9. The van der Waals surface area contributed by atoms with Gasteiger partial charge in [0.05, 0.1) is 36.7 Å². The van der Waals surface area contributed by atoms with Gasteiger partial charge >= 0.3 is 0 Å². The number of hydrogen-bond donors (Lipinski definition) is 3. The minimum Gasteiger partial charge on any atom is -0.394 e. The standard InChI is InChI=1S/C26H24F2N6O3/c1-15-3-5-17-11-16(4-6-21(17)29-15)14-34-25-23(31-33(34)2)8-7-22(30-25)18-12-19(27)24(20(28)13-18)26(36)32-37-10-9-35/h3-8,11-13,31,35H,9-10,14H2,1-2H3,(H,32,36). The summed E-state index contributed by atoms with van der Waals surface area (Å²) in [5, 5.41) is 13.4. The molecule has 0 bridgehead atoms. The van der Waals surface area contributed by atoms with Gasteiger partial charge in [-0.25, -0.2) is 19.2 Å². The highest BCUT2D eigenvalue weighted by Gasteiger charge is 2.27. The van der Waals surface area contributed by atoms with Crippen LogP contribution in [0.2, 0.25) is 0 Å². The van der Waals surface area contributed by atoms with E-state index >= 15 is 0 Å². The number of nitrogens with zero attached hydrogens (tertiary/aromatic N) is 4. The lowest BCUT2D eigenvalue weighted by atomic mass is 10.1. The molecule has 190 valence electrons. The average molecular weight is 507 g/mol. The fraction of sp³-hybridized carbons (Fsp3) is 0.192. The maximum absolute atomic E-state index is 14.7. The number of hydroxylamine groups is 1. The molecule has 0 unspecified atom stereocenters. The SMILES string of the molecule is Cc1ccc2cc(CN3c4nc(-c5cc(F)c(C(=O)NOCCO)c(F)c5)ccc4NN3C)ccc2n1. The van der Waals surface area contributed by atoms with Crippen LogP contribution in [0.25, 0.3) is 22.2 Å². The fourth-order valence-corrected chi connectivity index (χ4v) is 4.15. The van der Waals surface area contributed by atoms with Gasteiger partial charge in [-0.1, -0.05) is 12.1 Å². The van der Waals surface area contributed by atoms with Crippen LogP contribution < -0.4 is 15.9 Å². The third-order valence-electron chi connectivity index (χ3n) is 5.91. The number of nitrogens with one attached hydrogen (secondary N) is 2. The van der Waals surface area contributed by atoms with Crippen molar-refractivity contribution in [2.24, 2.45) is 0 Å². The van der Waals surface area contributed by atoms with E-state index in [4.69, 9.17) is 5.11 Å². The molecule has 2 aromatic carbocycles. The second-order valence-corrected chi connectivity index (χ2v) is 8.56. The van der Waals surface area contributed by atoms with E-state index in [2.05, 4.69) is 26.3 Å². The number of carbonyl (C=O) groups excluding carboxylic acids is 1.